The van der Waals surface area contributed by atoms with E-state index in [-0.39, 0.29) is 11.6 Å². The number of nitrogens with one attached hydrogen (secondary N) is 1. The Kier molecular flexibility index (Phi) is 3.66. The van der Waals surface area contributed by atoms with Gasteiger partial charge in [0.1, 0.15) is 11.8 Å². The molecule has 2 rings (SSSR count). The van der Waals surface area contributed by atoms with E-state index >= 15 is 0 Å². The number of hydrogen-bond donors (Lipinski definition) is 2. The maximum atomic E-state index is 12.1. The standard InChI is InChI=1S/C12H12F3NO3/c13-12(14,15)19-9-3-1-2-7(6-9)10(11(17)18)16-8-4-5-8/h1-3,6,8,10,16H,4-5H2,(H,17,18). The highest BCUT2D eigenvalue weighted by Crippen LogP contribution is 2.28. The molecule has 1 fully saturated rings. The first kappa shape index (κ1) is 13.7. The summed E-state index contributed by atoms with van der Waals surface area (Å²) in [4.78, 5) is 11.1. The Bertz CT molecular complexity index is 472. The van der Waals surface area contributed by atoms with Crippen molar-refractivity contribution in [1.82, 2.24) is 5.32 Å². The molecule has 0 amide bonds. The molecule has 0 heterocycles. The summed E-state index contributed by atoms with van der Waals surface area (Å²) in [6.07, 6.45) is -3.04. The molecule has 0 aliphatic heterocycles. The van der Waals surface area contributed by atoms with Gasteiger partial charge in [-0.15, -0.1) is 13.2 Å². The Hall–Kier alpha value is -1.76. The van der Waals surface area contributed by atoms with Crippen LogP contribution in [0.25, 0.3) is 0 Å². The van der Waals surface area contributed by atoms with E-state index in [1.807, 2.05) is 0 Å². The summed E-state index contributed by atoms with van der Waals surface area (Å²) in [6.45, 7) is 0. The maximum Gasteiger partial charge on any atom is 0.573 e. The number of benzene rings is 1. The summed E-state index contributed by atoms with van der Waals surface area (Å²) >= 11 is 0. The van der Waals surface area contributed by atoms with Crippen LogP contribution < -0.4 is 10.1 Å². The Balaban J connectivity index is 2.17. The summed E-state index contributed by atoms with van der Waals surface area (Å²) in [5, 5.41) is 12.0. The second-order valence-electron chi connectivity index (χ2n) is 4.33. The number of carbonyl (C=O) groups is 1. The van der Waals surface area contributed by atoms with Gasteiger partial charge < -0.3 is 9.84 Å². The number of carboxylic acids is 1. The fourth-order valence-corrected chi connectivity index (χ4v) is 1.69. The van der Waals surface area contributed by atoms with Crippen LogP contribution in [-0.4, -0.2) is 23.5 Å². The van der Waals surface area contributed by atoms with Gasteiger partial charge in [-0.2, -0.15) is 0 Å². The van der Waals surface area contributed by atoms with Crippen molar-refractivity contribution < 1.29 is 27.8 Å². The molecule has 0 saturated heterocycles. The highest BCUT2D eigenvalue weighted by molar-refractivity contribution is 5.75. The molecule has 2 N–H and O–H groups in total. The Morgan fingerprint density at radius 1 is 1.42 bits per heavy atom. The molecule has 4 nitrogen and oxygen atoms in total. The van der Waals surface area contributed by atoms with Gasteiger partial charge in [0, 0.05) is 6.04 Å². The number of halogens is 3. The van der Waals surface area contributed by atoms with Crippen LogP contribution in [0.5, 0.6) is 5.75 Å². The van der Waals surface area contributed by atoms with Gasteiger partial charge in [-0.1, -0.05) is 12.1 Å². The minimum Gasteiger partial charge on any atom is -0.480 e. The van der Waals surface area contributed by atoms with Crippen LogP contribution in [0.4, 0.5) is 13.2 Å². The molecule has 0 bridgehead atoms. The molecule has 7 heteroatoms. The predicted molar refractivity (Wildman–Crippen MR) is 59.7 cm³/mol. The van der Waals surface area contributed by atoms with Crippen LogP contribution in [0.15, 0.2) is 24.3 Å². The van der Waals surface area contributed by atoms with Crippen LogP contribution in [0, 0.1) is 0 Å². The van der Waals surface area contributed by atoms with Crippen molar-refractivity contribution in [3.8, 4) is 5.75 Å². The third-order valence-electron chi connectivity index (χ3n) is 2.65. The maximum absolute atomic E-state index is 12.1. The van der Waals surface area contributed by atoms with E-state index in [0.29, 0.717) is 0 Å². The van der Waals surface area contributed by atoms with Gasteiger partial charge in [-0.3, -0.25) is 10.1 Å². The first-order valence-corrected chi connectivity index (χ1v) is 5.70. The molecule has 1 aliphatic rings. The molecule has 0 radical (unpaired) electrons. The molecular weight excluding hydrogens is 263 g/mol. The Morgan fingerprint density at radius 2 is 2.11 bits per heavy atom. The molecular formula is C12H12F3NO3. The first-order valence-electron chi connectivity index (χ1n) is 5.70. The van der Waals surface area contributed by atoms with Crippen molar-refractivity contribution in [2.45, 2.75) is 31.3 Å². The molecule has 1 aromatic carbocycles. The molecule has 1 aliphatic carbocycles. The van der Waals surface area contributed by atoms with E-state index in [2.05, 4.69) is 10.1 Å². The molecule has 1 atom stereocenters. The van der Waals surface area contributed by atoms with Crippen molar-refractivity contribution in [3.05, 3.63) is 29.8 Å². The van der Waals surface area contributed by atoms with Crippen molar-refractivity contribution in [1.29, 1.82) is 0 Å². The SMILES string of the molecule is O=C(O)C(NC1CC1)c1cccc(OC(F)(F)F)c1. The molecule has 19 heavy (non-hydrogen) atoms. The van der Waals surface area contributed by atoms with Crippen LogP contribution in [0.1, 0.15) is 24.4 Å². The van der Waals surface area contributed by atoms with E-state index in [4.69, 9.17) is 5.11 Å². The highest BCUT2D eigenvalue weighted by atomic mass is 19.4. The van der Waals surface area contributed by atoms with Crippen LogP contribution >= 0.6 is 0 Å². The van der Waals surface area contributed by atoms with Gasteiger partial charge in [0.25, 0.3) is 0 Å². The minimum absolute atomic E-state index is 0.119. The largest absolute Gasteiger partial charge is 0.573 e. The number of aliphatic carboxylic acids is 1. The molecule has 0 spiro atoms. The third kappa shape index (κ3) is 4.13. The van der Waals surface area contributed by atoms with Crippen molar-refractivity contribution in [3.63, 3.8) is 0 Å². The van der Waals surface area contributed by atoms with E-state index in [9.17, 15) is 18.0 Å². The third-order valence-corrected chi connectivity index (χ3v) is 2.65. The van der Waals surface area contributed by atoms with Gasteiger partial charge in [-0.25, -0.2) is 0 Å². The lowest BCUT2D eigenvalue weighted by Crippen LogP contribution is -2.30. The fraction of sp³-hybridized carbons (Fsp3) is 0.417. The summed E-state index contributed by atoms with van der Waals surface area (Å²) in [5.41, 5.74) is 0.237. The Morgan fingerprint density at radius 3 is 2.63 bits per heavy atom. The fourth-order valence-electron chi connectivity index (χ4n) is 1.69. The average molecular weight is 275 g/mol. The van der Waals surface area contributed by atoms with Gasteiger partial charge in [0.2, 0.25) is 0 Å². The quantitative estimate of drug-likeness (QED) is 0.866. The number of ether oxygens (including phenoxy) is 1. The lowest BCUT2D eigenvalue weighted by atomic mass is 10.1. The number of rotatable bonds is 5. The zero-order valence-corrected chi connectivity index (χ0v) is 9.78. The van der Waals surface area contributed by atoms with Gasteiger partial charge in [0.15, 0.2) is 0 Å². The summed E-state index contributed by atoms with van der Waals surface area (Å²) in [6, 6.07) is 4.10. The summed E-state index contributed by atoms with van der Waals surface area (Å²) < 4.78 is 40.1. The van der Waals surface area contributed by atoms with E-state index in [0.717, 1.165) is 25.0 Å². The van der Waals surface area contributed by atoms with E-state index in [1.165, 1.54) is 12.1 Å². The molecule has 1 saturated carbocycles. The molecule has 0 aromatic heterocycles. The average Bonchev–Trinajstić information content (AvgIpc) is 3.07. The second kappa shape index (κ2) is 5.08. The van der Waals surface area contributed by atoms with Crippen molar-refractivity contribution in [2.75, 3.05) is 0 Å². The first-order chi connectivity index (χ1) is 8.85. The minimum atomic E-state index is -4.79. The normalized spacial score (nSPS) is 17.0. The van der Waals surface area contributed by atoms with Crippen LogP contribution in [0.3, 0.4) is 0 Å². The van der Waals surface area contributed by atoms with Gasteiger partial charge in [-0.05, 0) is 30.5 Å². The lowest BCUT2D eigenvalue weighted by Gasteiger charge is -2.16. The van der Waals surface area contributed by atoms with E-state index in [1.54, 1.807) is 0 Å². The molecule has 104 valence electrons. The zero-order valence-electron chi connectivity index (χ0n) is 9.78. The van der Waals surface area contributed by atoms with E-state index < -0.39 is 24.1 Å². The smallest absolute Gasteiger partial charge is 0.480 e. The number of hydrogen-bond acceptors (Lipinski definition) is 3. The van der Waals surface area contributed by atoms with Crippen LogP contribution in [0.2, 0.25) is 0 Å². The monoisotopic (exact) mass is 275 g/mol. The van der Waals surface area contributed by atoms with Crippen molar-refractivity contribution >= 4 is 5.97 Å². The molecule has 1 aromatic rings. The predicted octanol–water partition coefficient (Wildman–Crippen LogP) is 2.46. The summed E-state index contributed by atoms with van der Waals surface area (Å²) in [5.74, 6) is -1.55. The lowest BCUT2D eigenvalue weighted by molar-refractivity contribution is -0.274. The van der Waals surface area contributed by atoms with Gasteiger partial charge in [0.05, 0.1) is 0 Å². The molecule has 1 unspecified atom stereocenters. The van der Waals surface area contributed by atoms with Crippen molar-refractivity contribution in [2.24, 2.45) is 0 Å². The summed E-state index contributed by atoms with van der Waals surface area (Å²) in [7, 11) is 0. The number of alkyl halides is 3. The van der Waals surface area contributed by atoms with Crippen LogP contribution in [-0.2, 0) is 4.79 Å². The Labute approximate surface area is 107 Å². The van der Waals surface area contributed by atoms with Gasteiger partial charge >= 0.3 is 12.3 Å². The zero-order chi connectivity index (χ0) is 14.0. The highest BCUT2D eigenvalue weighted by Gasteiger charge is 2.32. The number of carboxylic acid groups (broad SMARTS) is 1. The topological polar surface area (TPSA) is 58.6 Å². The second-order valence-corrected chi connectivity index (χ2v) is 4.33.